The normalized spacial score (nSPS) is 10.6. The van der Waals surface area contributed by atoms with Crippen molar-refractivity contribution >= 4 is 15.9 Å². The van der Waals surface area contributed by atoms with Gasteiger partial charge in [0.1, 0.15) is 12.4 Å². The molecule has 0 aliphatic carbocycles. The summed E-state index contributed by atoms with van der Waals surface area (Å²) in [5.41, 5.74) is 1.47. The maximum atomic E-state index is 13.8. The standard InChI is InChI=1S/C15H14BrF2NO/c1-19-8-10-2-3-15(14(18)6-10)20-9-11-4-12(16)7-13(17)5-11/h2-7,19H,8-9H2,1H3. The number of halogens is 3. The predicted molar refractivity (Wildman–Crippen MR) is 77.6 cm³/mol. The molecule has 1 N–H and O–H groups in total. The molecule has 2 aromatic rings. The van der Waals surface area contributed by atoms with Crippen LogP contribution < -0.4 is 10.1 Å². The van der Waals surface area contributed by atoms with Crippen LogP contribution in [0.4, 0.5) is 8.78 Å². The smallest absolute Gasteiger partial charge is 0.165 e. The molecule has 20 heavy (non-hydrogen) atoms. The van der Waals surface area contributed by atoms with Gasteiger partial charge in [0.15, 0.2) is 11.6 Å². The van der Waals surface area contributed by atoms with Gasteiger partial charge >= 0.3 is 0 Å². The molecular weight excluding hydrogens is 328 g/mol. The molecule has 0 spiro atoms. The molecule has 0 unspecified atom stereocenters. The van der Waals surface area contributed by atoms with Crippen molar-refractivity contribution in [3.05, 3.63) is 63.6 Å². The third-order valence-electron chi connectivity index (χ3n) is 2.69. The second kappa shape index (κ2) is 6.81. The lowest BCUT2D eigenvalue weighted by molar-refractivity contribution is 0.289. The monoisotopic (exact) mass is 341 g/mol. The molecule has 0 amide bonds. The molecule has 0 fully saturated rings. The quantitative estimate of drug-likeness (QED) is 0.886. The van der Waals surface area contributed by atoms with E-state index in [0.717, 1.165) is 5.56 Å². The van der Waals surface area contributed by atoms with Crippen molar-refractivity contribution in [2.75, 3.05) is 7.05 Å². The Balaban J connectivity index is 2.06. The molecule has 2 nitrogen and oxygen atoms in total. The molecule has 106 valence electrons. The Labute approximate surface area is 124 Å². The Hall–Kier alpha value is -1.46. The van der Waals surface area contributed by atoms with Gasteiger partial charge in [-0.1, -0.05) is 22.0 Å². The lowest BCUT2D eigenvalue weighted by Gasteiger charge is -2.09. The Morgan fingerprint density at radius 1 is 1.10 bits per heavy atom. The van der Waals surface area contributed by atoms with E-state index in [-0.39, 0.29) is 18.2 Å². The summed E-state index contributed by atoms with van der Waals surface area (Å²) in [5, 5.41) is 2.95. The fraction of sp³-hybridized carbons (Fsp3) is 0.200. The van der Waals surface area contributed by atoms with Crippen LogP contribution >= 0.6 is 15.9 Å². The van der Waals surface area contributed by atoms with E-state index in [1.807, 2.05) is 0 Å². The number of benzene rings is 2. The van der Waals surface area contributed by atoms with Crippen molar-refractivity contribution < 1.29 is 13.5 Å². The Morgan fingerprint density at radius 3 is 2.55 bits per heavy atom. The average Bonchev–Trinajstić information content (AvgIpc) is 2.37. The summed E-state index contributed by atoms with van der Waals surface area (Å²) < 4.78 is 33.0. The number of ether oxygens (including phenoxy) is 1. The summed E-state index contributed by atoms with van der Waals surface area (Å²) in [6.45, 7) is 0.701. The minimum absolute atomic E-state index is 0.110. The predicted octanol–water partition coefficient (Wildman–Crippen LogP) is 4.03. The van der Waals surface area contributed by atoms with E-state index in [0.29, 0.717) is 16.6 Å². The second-order valence-electron chi connectivity index (χ2n) is 4.36. The molecule has 0 saturated carbocycles. The van der Waals surface area contributed by atoms with Crippen LogP contribution in [0.25, 0.3) is 0 Å². The van der Waals surface area contributed by atoms with Gasteiger partial charge in [-0.3, -0.25) is 0 Å². The van der Waals surface area contributed by atoms with Gasteiger partial charge in [0.2, 0.25) is 0 Å². The maximum absolute atomic E-state index is 13.8. The van der Waals surface area contributed by atoms with E-state index in [1.165, 1.54) is 18.2 Å². The maximum Gasteiger partial charge on any atom is 0.165 e. The molecule has 0 atom stereocenters. The minimum Gasteiger partial charge on any atom is -0.486 e. The molecule has 5 heteroatoms. The van der Waals surface area contributed by atoms with Crippen LogP contribution in [0.3, 0.4) is 0 Å². The Kier molecular flexibility index (Phi) is 5.09. The minimum atomic E-state index is -0.423. The summed E-state index contributed by atoms with van der Waals surface area (Å²) in [6, 6.07) is 9.24. The van der Waals surface area contributed by atoms with E-state index in [1.54, 1.807) is 25.2 Å². The van der Waals surface area contributed by atoms with E-state index in [2.05, 4.69) is 21.2 Å². The highest BCUT2D eigenvalue weighted by Crippen LogP contribution is 2.21. The van der Waals surface area contributed by atoms with Crippen LogP contribution in [0.5, 0.6) is 5.75 Å². The van der Waals surface area contributed by atoms with Crippen LogP contribution in [-0.4, -0.2) is 7.05 Å². The van der Waals surface area contributed by atoms with Crippen molar-refractivity contribution in [2.45, 2.75) is 13.2 Å². The van der Waals surface area contributed by atoms with E-state index < -0.39 is 5.82 Å². The van der Waals surface area contributed by atoms with Gasteiger partial charge in [0, 0.05) is 11.0 Å². The molecular formula is C15H14BrF2NO. The first-order valence-corrected chi connectivity index (χ1v) is 6.88. The van der Waals surface area contributed by atoms with Crippen LogP contribution in [0.2, 0.25) is 0 Å². The van der Waals surface area contributed by atoms with Crippen LogP contribution in [-0.2, 0) is 13.2 Å². The SMILES string of the molecule is CNCc1ccc(OCc2cc(F)cc(Br)c2)c(F)c1. The van der Waals surface area contributed by atoms with Gasteiger partial charge in [-0.25, -0.2) is 8.78 Å². The number of nitrogens with one attached hydrogen (secondary N) is 1. The van der Waals surface area contributed by atoms with Crippen molar-refractivity contribution in [1.82, 2.24) is 5.32 Å². The van der Waals surface area contributed by atoms with Crippen molar-refractivity contribution in [1.29, 1.82) is 0 Å². The molecule has 0 aliphatic heterocycles. The molecule has 0 radical (unpaired) electrons. The van der Waals surface area contributed by atoms with Crippen molar-refractivity contribution in [3.8, 4) is 5.75 Å². The zero-order valence-corrected chi connectivity index (χ0v) is 12.5. The topological polar surface area (TPSA) is 21.3 Å². The highest BCUT2D eigenvalue weighted by molar-refractivity contribution is 9.10. The summed E-state index contributed by atoms with van der Waals surface area (Å²) >= 11 is 3.20. The number of rotatable bonds is 5. The van der Waals surface area contributed by atoms with Crippen LogP contribution in [0, 0.1) is 11.6 Å². The van der Waals surface area contributed by atoms with Gasteiger partial charge in [0.25, 0.3) is 0 Å². The van der Waals surface area contributed by atoms with Gasteiger partial charge in [0.05, 0.1) is 0 Å². The molecule has 2 aromatic carbocycles. The second-order valence-corrected chi connectivity index (χ2v) is 5.28. The average molecular weight is 342 g/mol. The Morgan fingerprint density at radius 2 is 1.90 bits per heavy atom. The fourth-order valence-electron chi connectivity index (χ4n) is 1.83. The summed E-state index contributed by atoms with van der Waals surface area (Å²) in [4.78, 5) is 0. The number of hydrogen-bond acceptors (Lipinski definition) is 2. The number of hydrogen-bond donors (Lipinski definition) is 1. The summed E-state index contributed by atoms with van der Waals surface area (Å²) in [5.74, 6) is -0.624. The van der Waals surface area contributed by atoms with Gasteiger partial charge in [-0.05, 0) is 48.5 Å². The largest absolute Gasteiger partial charge is 0.486 e. The first kappa shape index (κ1) is 14.9. The van der Waals surface area contributed by atoms with E-state index >= 15 is 0 Å². The van der Waals surface area contributed by atoms with Gasteiger partial charge in [-0.2, -0.15) is 0 Å². The molecule has 0 aromatic heterocycles. The van der Waals surface area contributed by atoms with Crippen LogP contribution in [0.15, 0.2) is 40.9 Å². The molecule has 0 bridgehead atoms. The zero-order valence-electron chi connectivity index (χ0n) is 10.9. The third-order valence-corrected chi connectivity index (χ3v) is 3.15. The molecule has 0 aliphatic rings. The van der Waals surface area contributed by atoms with E-state index in [4.69, 9.17) is 4.74 Å². The molecule has 2 rings (SSSR count). The lowest BCUT2D eigenvalue weighted by atomic mass is 10.2. The molecule has 0 saturated heterocycles. The third kappa shape index (κ3) is 4.02. The van der Waals surface area contributed by atoms with Gasteiger partial charge < -0.3 is 10.1 Å². The first-order valence-electron chi connectivity index (χ1n) is 6.09. The molecule has 0 heterocycles. The highest BCUT2D eigenvalue weighted by Gasteiger charge is 2.06. The Bertz CT molecular complexity index is 584. The highest BCUT2D eigenvalue weighted by atomic mass is 79.9. The van der Waals surface area contributed by atoms with Crippen molar-refractivity contribution in [2.24, 2.45) is 0 Å². The van der Waals surface area contributed by atoms with E-state index in [9.17, 15) is 8.78 Å². The lowest BCUT2D eigenvalue weighted by Crippen LogP contribution is -2.05. The summed E-state index contributed by atoms with van der Waals surface area (Å²) in [7, 11) is 1.80. The van der Waals surface area contributed by atoms with Crippen molar-refractivity contribution in [3.63, 3.8) is 0 Å². The summed E-state index contributed by atoms with van der Waals surface area (Å²) in [6.07, 6.45) is 0. The first-order chi connectivity index (χ1) is 9.58. The van der Waals surface area contributed by atoms with Crippen LogP contribution in [0.1, 0.15) is 11.1 Å². The van der Waals surface area contributed by atoms with Gasteiger partial charge in [-0.15, -0.1) is 0 Å². The zero-order chi connectivity index (χ0) is 14.5. The fourth-order valence-corrected chi connectivity index (χ4v) is 2.34.